The Kier molecular flexibility index (Phi) is 6.20. The summed E-state index contributed by atoms with van der Waals surface area (Å²) in [5.41, 5.74) is 1.74. The van der Waals surface area contributed by atoms with E-state index in [1.807, 2.05) is 27.7 Å². The van der Waals surface area contributed by atoms with Gasteiger partial charge >= 0.3 is 0 Å². The van der Waals surface area contributed by atoms with E-state index in [1.54, 1.807) is 16.7 Å². The smallest absolute Gasteiger partial charge is 0.263 e. The molecule has 0 saturated carbocycles. The van der Waals surface area contributed by atoms with Crippen LogP contribution in [0.25, 0.3) is 10.2 Å². The summed E-state index contributed by atoms with van der Waals surface area (Å²) in [7, 11) is 0. The van der Waals surface area contributed by atoms with Crippen LogP contribution in [-0.2, 0) is 11.3 Å². The fourth-order valence-corrected chi connectivity index (χ4v) is 4.86. The van der Waals surface area contributed by atoms with Crippen molar-refractivity contribution in [2.45, 2.75) is 45.4 Å². The second-order valence-electron chi connectivity index (χ2n) is 6.82. The van der Waals surface area contributed by atoms with Gasteiger partial charge in [0.05, 0.1) is 11.1 Å². The number of thioether (sulfide) groups is 1. The maximum Gasteiger partial charge on any atom is 0.263 e. The summed E-state index contributed by atoms with van der Waals surface area (Å²) in [6.45, 7) is 8.12. The van der Waals surface area contributed by atoms with Gasteiger partial charge in [-0.1, -0.05) is 23.9 Å². The number of thiophene rings is 1. The number of amides is 1. The lowest BCUT2D eigenvalue weighted by Gasteiger charge is -2.15. The standard InChI is InChI=1S/C20H22FN3O2S2/c1-11(2)24-19(26)17-12(3)13(4)28-18(17)23-20(24)27-10-16(25)22-9-14-5-7-15(21)8-6-14/h5-8,11H,9-10H2,1-4H3,(H,22,25). The van der Waals surface area contributed by atoms with Crippen LogP contribution >= 0.6 is 23.1 Å². The first kappa shape index (κ1) is 20.5. The fourth-order valence-electron chi connectivity index (χ4n) is 2.83. The molecule has 0 saturated heterocycles. The van der Waals surface area contributed by atoms with Gasteiger partial charge in [0.25, 0.3) is 5.56 Å². The van der Waals surface area contributed by atoms with Gasteiger partial charge in [0, 0.05) is 17.5 Å². The molecule has 0 unspecified atom stereocenters. The highest BCUT2D eigenvalue weighted by Gasteiger charge is 2.19. The van der Waals surface area contributed by atoms with Crippen LogP contribution in [0.4, 0.5) is 4.39 Å². The van der Waals surface area contributed by atoms with Gasteiger partial charge in [-0.05, 0) is 51.0 Å². The number of aromatic nitrogens is 2. The van der Waals surface area contributed by atoms with E-state index in [2.05, 4.69) is 10.3 Å². The van der Waals surface area contributed by atoms with Crippen molar-refractivity contribution in [2.75, 3.05) is 5.75 Å². The molecule has 148 valence electrons. The zero-order valence-electron chi connectivity index (χ0n) is 16.2. The largest absolute Gasteiger partial charge is 0.351 e. The van der Waals surface area contributed by atoms with Crippen molar-refractivity contribution in [3.05, 3.63) is 56.4 Å². The Bertz CT molecular complexity index is 1070. The Labute approximate surface area is 171 Å². The van der Waals surface area contributed by atoms with E-state index >= 15 is 0 Å². The third-order valence-corrected chi connectivity index (χ3v) is 6.51. The zero-order chi connectivity index (χ0) is 20.4. The third kappa shape index (κ3) is 4.28. The van der Waals surface area contributed by atoms with E-state index in [4.69, 9.17) is 0 Å². The van der Waals surface area contributed by atoms with E-state index in [-0.39, 0.29) is 29.1 Å². The van der Waals surface area contributed by atoms with Crippen molar-refractivity contribution in [2.24, 2.45) is 0 Å². The van der Waals surface area contributed by atoms with Gasteiger partial charge in [-0.15, -0.1) is 11.3 Å². The quantitative estimate of drug-likeness (QED) is 0.480. The molecule has 2 aromatic heterocycles. The van der Waals surface area contributed by atoms with Crippen LogP contribution in [0.3, 0.4) is 0 Å². The number of nitrogens with zero attached hydrogens (tertiary/aromatic N) is 2. The molecule has 0 aliphatic heterocycles. The van der Waals surface area contributed by atoms with Crippen LogP contribution < -0.4 is 10.9 Å². The van der Waals surface area contributed by atoms with Crippen molar-refractivity contribution in [3.63, 3.8) is 0 Å². The Morgan fingerprint density at radius 3 is 2.61 bits per heavy atom. The van der Waals surface area contributed by atoms with Crippen LogP contribution in [0.1, 0.15) is 35.9 Å². The van der Waals surface area contributed by atoms with Crippen molar-refractivity contribution < 1.29 is 9.18 Å². The minimum absolute atomic E-state index is 0.0592. The first-order valence-corrected chi connectivity index (χ1v) is 10.7. The Morgan fingerprint density at radius 2 is 1.96 bits per heavy atom. The molecule has 3 rings (SSSR count). The number of hydrogen-bond donors (Lipinski definition) is 1. The number of carbonyl (C=O) groups excluding carboxylic acids is 1. The van der Waals surface area contributed by atoms with Crippen LogP contribution in [0.15, 0.2) is 34.2 Å². The highest BCUT2D eigenvalue weighted by molar-refractivity contribution is 7.99. The molecule has 0 atom stereocenters. The molecular formula is C20H22FN3O2S2. The summed E-state index contributed by atoms with van der Waals surface area (Å²) in [6.07, 6.45) is 0. The van der Waals surface area contributed by atoms with E-state index in [0.29, 0.717) is 21.9 Å². The Hall–Kier alpha value is -2.19. The molecule has 2 heterocycles. The van der Waals surface area contributed by atoms with E-state index < -0.39 is 0 Å². The number of rotatable bonds is 6. The number of fused-ring (bicyclic) bond motifs is 1. The van der Waals surface area contributed by atoms with Crippen LogP contribution in [0.5, 0.6) is 0 Å². The number of benzene rings is 1. The van der Waals surface area contributed by atoms with Gasteiger partial charge < -0.3 is 5.32 Å². The first-order valence-electron chi connectivity index (χ1n) is 8.94. The van der Waals surface area contributed by atoms with Gasteiger partial charge in [0.15, 0.2) is 5.16 Å². The van der Waals surface area contributed by atoms with Gasteiger partial charge in [-0.2, -0.15) is 0 Å². The van der Waals surface area contributed by atoms with Crippen molar-refractivity contribution in [1.82, 2.24) is 14.9 Å². The van der Waals surface area contributed by atoms with Crippen LogP contribution in [0, 0.1) is 19.7 Å². The van der Waals surface area contributed by atoms with E-state index in [9.17, 15) is 14.0 Å². The zero-order valence-corrected chi connectivity index (χ0v) is 17.8. The lowest BCUT2D eigenvalue weighted by atomic mass is 10.2. The summed E-state index contributed by atoms with van der Waals surface area (Å²) >= 11 is 2.75. The van der Waals surface area contributed by atoms with Crippen molar-refractivity contribution >= 4 is 39.2 Å². The monoisotopic (exact) mass is 419 g/mol. The number of hydrogen-bond acceptors (Lipinski definition) is 5. The molecule has 1 amide bonds. The fraction of sp³-hybridized carbons (Fsp3) is 0.350. The molecule has 3 aromatic rings. The summed E-state index contributed by atoms with van der Waals surface area (Å²) in [5, 5.41) is 4.02. The predicted molar refractivity (Wildman–Crippen MR) is 113 cm³/mol. The summed E-state index contributed by atoms with van der Waals surface area (Å²) < 4.78 is 14.6. The lowest BCUT2D eigenvalue weighted by molar-refractivity contribution is -0.118. The Morgan fingerprint density at radius 1 is 1.29 bits per heavy atom. The number of halogens is 1. The SMILES string of the molecule is Cc1sc2nc(SCC(=O)NCc3ccc(F)cc3)n(C(C)C)c(=O)c2c1C. The molecule has 0 aliphatic carbocycles. The molecular weight excluding hydrogens is 397 g/mol. The van der Waals surface area contributed by atoms with Crippen molar-refractivity contribution in [3.8, 4) is 0 Å². The number of aryl methyl sites for hydroxylation is 2. The number of nitrogens with one attached hydrogen (secondary N) is 1. The highest BCUT2D eigenvalue weighted by Crippen LogP contribution is 2.29. The summed E-state index contributed by atoms with van der Waals surface area (Å²) in [4.78, 5) is 31.7. The van der Waals surface area contributed by atoms with Gasteiger partial charge in [0.2, 0.25) is 5.91 Å². The lowest BCUT2D eigenvalue weighted by Crippen LogP contribution is -2.27. The molecule has 28 heavy (non-hydrogen) atoms. The molecule has 0 bridgehead atoms. The molecule has 8 heteroatoms. The maximum absolute atomic E-state index is 13.0. The van der Waals surface area contributed by atoms with E-state index in [1.165, 1.54) is 35.2 Å². The maximum atomic E-state index is 13.0. The molecule has 1 N–H and O–H groups in total. The number of carbonyl (C=O) groups is 1. The van der Waals surface area contributed by atoms with Crippen LogP contribution in [-0.4, -0.2) is 21.2 Å². The second-order valence-corrected chi connectivity index (χ2v) is 8.96. The van der Waals surface area contributed by atoms with Crippen molar-refractivity contribution in [1.29, 1.82) is 0 Å². The molecule has 0 spiro atoms. The molecule has 5 nitrogen and oxygen atoms in total. The minimum Gasteiger partial charge on any atom is -0.351 e. The molecule has 0 fully saturated rings. The Balaban J connectivity index is 1.76. The normalized spacial score (nSPS) is 11.4. The molecule has 1 aromatic carbocycles. The second kappa shape index (κ2) is 8.45. The minimum atomic E-state index is -0.308. The molecule has 0 aliphatic rings. The van der Waals surface area contributed by atoms with Gasteiger partial charge in [-0.25, -0.2) is 9.37 Å². The average molecular weight is 420 g/mol. The van der Waals surface area contributed by atoms with Crippen LogP contribution in [0.2, 0.25) is 0 Å². The van der Waals surface area contributed by atoms with Gasteiger partial charge in [0.1, 0.15) is 10.6 Å². The predicted octanol–water partition coefficient (Wildman–Crippen LogP) is 4.20. The highest BCUT2D eigenvalue weighted by atomic mass is 32.2. The first-order chi connectivity index (χ1) is 13.3. The third-order valence-electron chi connectivity index (χ3n) is 4.45. The summed E-state index contributed by atoms with van der Waals surface area (Å²) in [6, 6.07) is 5.93. The van der Waals surface area contributed by atoms with E-state index in [0.717, 1.165) is 16.0 Å². The molecule has 0 radical (unpaired) electrons. The summed E-state index contributed by atoms with van der Waals surface area (Å²) in [5.74, 6) is -0.329. The van der Waals surface area contributed by atoms with Gasteiger partial charge in [-0.3, -0.25) is 14.2 Å². The average Bonchev–Trinajstić information content (AvgIpc) is 2.93. The topological polar surface area (TPSA) is 64.0 Å².